The molecule has 1 aromatic heterocycles. The van der Waals surface area contributed by atoms with Gasteiger partial charge in [-0.05, 0) is 6.42 Å². The largest absolute Gasteiger partial charge is 0.469 e. The van der Waals surface area contributed by atoms with Crippen molar-refractivity contribution in [2.45, 2.75) is 26.7 Å². The Bertz CT molecular complexity index is 286. The van der Waals surface area contributed by atoms with Gasteiger partial charge in [0.05, 0.1) is 6.26 Å². The van der Waals surface area contributed by atoms with Gasteiger partial charge in [-0.15, -0.1) is 0 Å². The van der Waals surface area contributed by atoms with Crippen LogP contribution < -0.4 is 5.43 Å². The maximum absolute atomic E-state index is 11.2. The predicted octanol–water partition coefficient (Wildman–Crippen LogP) is 1.76. The summed E-state index contributed by atoms with van der Waals surface area (Å²) in [6.45, 7) is 3.95. The lowest BCUT2D eigenvalue weighted by Crippen LogP contribution is -2.08. The molecular weight excluding hydrogens is 140 g/mol. The highest BCUT2D eigenvalue weighted by Crippen LogP contribution is 2.04. The molecule has 60 valence electrons. The van der Waals surface area contributed by atoms with E-state index in [4.69, 9.17) is 4.42 Å². The highest BCUT2D eigenvalue weighted by Gasteiger charge is 2.03. The van der Waals surface area contributed by atoms with Gasteiger partial charge in [0.15, 0.2) is 5.43 Å². The van der Waals surface area contributed by atoms with Gasteiger partial charge >= 0.3 is 0 Å². The van der Waals surface area contributed by atoms with Crippen molar-refractivity contribution in [1.82, 2.24) is 0 Å². The van der Waals surface area contributed by atoms with E-state index < -0.39 is 0 Å². The zero-order valence-corrected chi connectivity index (χ0v) is 6.89. The lowest BCUT2D eigenvalue weighted by atomic mass is 10.1. The Morgan fingerprint density at radius 3 is 2.55 bits per heavy atom. The summed E-state index contributed by atoms with van der Waals surface area (Å²) in [5.41, 5.74) is 0.908. The zero-order valence-electron chi connectivity index (χ0n) is 6.89. The molecule has 0 saturated carbocycles. The molecule has 0 aromatic carbocycles. The molecule has 0 aliphatic carbocycles. The molecule has 0 bridgehead atoms. The first kappa shape index (κ1) is 8.05. The number of aryl methyl sites for hydroxylation is 1. The Hall–Kier alpha value is -1.05. The van der Waals surface area contributed by atoms with E-state index in [9.17, 15) is 4.79 Å². The number of hydrogen-bond acceptors (Lipinski definition) is 2. The molecule has 1 heterocycles. The molecule has 0 fully saturated rings. The first-order chi connectivity index (χ1) is 5.29. The van der Waals surface area contributed by atoms with Crippen molar-refractivity contribution < 1.29 is 4.42 Å². The predicted molar refractivity (Wildman–Crippen MR) is 43.7 cm³/mol. The third kappa shape index (κ3) is 1.50. The molecule has 0 saturated heterocycles. The summed E-state index contributed by atoms with van der Waals surface area (Å²) < 4.78 is 5.18. The average Bonchev–Trinajstić information content (AvgIpc) is 2.04. The van der Waals surface area contributed by atoms with Crippen LogP contribution in [0.15, 0.2) is 21.5 Å². The maximum Gasteiger partial charge on any atom is 0.188 e. The topological polar surface area (TPSA) is 30.2 Å². The Kier molecular flexibility index (Phi) is 2.47. The maximum atomic E-state index is 11.2. The van der Waals surface area contributed by atoms with E-state index in [2.05, 4.69) is 0 Å². The molecule has 0 atom stereocenters. The van der Waals surface area contributed by atoms with Gasteiger partial charge < -0.3 is 4.42 Å². The van der Waals surface area contributed by atoms with Crippen molar-refractivity contribution in [3.63, 3.8) is 0 Å². The van der Waals surface area contributed by atoms with E-state index in [1.165, 1.54) is 12.3 Å². The number of hydrogen-bond donors (Lipinski definition) is 0. The summed E-state index contributed by atoms with van der Waals surface area (Å²) in [4.78, 5) is 11.2. The van der Waals surface area contributed by atoms with Gasteiger partial charge in [0.2, 0.25) is 0 Å². The summed E-state index contributed by atoms with van der Waals surface area (Å²) in [5, 5.41) is 0. The van der Waals surface area contributed by atoms with Crippen molar-refractivity contribution >= 4 is 0 Å². The summed E-state index contributed by atoms with van der Waals surface area (Å²) in [6, 6.07) is 1.47. The van der Waals surface area contributed by atoms with Crippen molar-refractivity contribution in [3.8, 4) is 0 Å². The van der Waals surface area contributed by atoms with Crippen molar-refractivity contribution in [3.05, 3.63) is 33.9 Å². The molecule has 0 spiro atoms. The average molecular weight is 152 g/mol. The van der Waals surface area contributed by atoms with E-state index in [0.717, 1.165) is 24.2 Å². The fourth-order valence-corrected chi connectivity index (χ4v) is 1.16. The van der Waals surface area contributed by atoms with Gasteiger partial charge in [-0.2, -0.15) is 0 Å². The first-order valence-corrected chi connectivity index (χ1v) is 3.89. The Labute approximate surface area is 65.9 Å². The van der Waals surface area contributed by atoms with Crippen LogP contribution >= 0.6 is 0 Å². The standard InChI is InChI=1S/C9H12O2/c1-3-7-8(10)5-6-11-9(7)4-2/h5-6H,3-4H2,1-2H3. The molecule has 11 heavy (non-hydrogen) atoms. The Morgan fingerprint density at radius 1 is 1.36 bits per heavy atom. The lowest BCUT2D eigenvalue weighted by Gasteiger charge is -2.00. The van der Waals surface area contributed by atoms with Crippen LogP contribution in [-0.4, -0.2) is 0 Å². The van der Waals surface area contributed by atoms with Gasteiger partial charge in [-0.3, -0.25) is 4.79 Å². The monoisotopic (exact) mass is 152 g/mol. The fourth-order valence-electron chi connectivity index (χ4n) is 1.16. The quantitative estimate of drug-likeness (QED) is 0.646. The van der Waals surface area contributed by atoms with E-state index in [0.29, 0.717) is 0 Å². The third-order valence-electron chi connectivity index (χ3n) is 1.74. The summed E-state index contributed by atoms with van der Waals surface area (Å²) in [6.07, 6.45) is 3.01. The molecule has 0 N–H and O–H groups in total. The van der Waals surface area contributed by atoms with Crippen LogP contribution in [0.1, 0.15) is 25.2 Å². The minimum absolute atomic E-state index is 0.0931. The van der Waals surface area contributed by atoms with Crippen molar-refractivity contribution in [2.24, 2.45) is 0 Å². The molecule has 1 aromatic rings. The van der Waals surface area contributed by atoms with E-state index in [1.807, 2.05) is 13.8 Å². The first-order valence-electron chi connectivity index (χ1n) is 3.89. The van der Waals surface area contributed by atoms with Gasteiger partial charge in [0.25, 0.3) is 0 Å². The van der Waals surface area contributed by atoms with Crippen LogP contribution in [0.3, 0.4) is 0 Å². The molecule has 2 nitrogen and oxygen atoms in total. The normalized spacial score (nSPS) is 10.0. The SMILES string of the molecule is CCc1occc(=O)c1CC. The smallest absolute Gasteiger partial charge is 0.188 e. The van der Waals surface area contributed by atoms with Crippen LogP contribution in [0.25, 0.3) is 0 Å². The van der Waals surface area contributed by atoms with Gasteiger partial charge in [-0.1, -0.05) is 13.8 Å². The third-order valence-corrected chi connectivity index (χ3v) is 1.74. The van der Waals surface area contributed by atoms with Gasteiger partial charge in [0, 0.05) is 18.1 Å². The second-order valence-corrected chi connectivity index (χ2v) is 2.39. The minimum Gasteiger partial charge on any atom is -0.469 e. The van der Waals surface area contributed by atoms with E-state index in [-0.39, 0.29) is 5.43 Å². The molecule has 0 aliphatic heterocycles. The Morgan fingerprint density at radius 2 is 2.09 bits per heavy atom. The van der Waals surface area contributed by atoms with Crippen LogP contribution in [-0.2, 0) is 12.8 Å². The highest BCUT2D eigenvalue weighted by molar-refractivity contribution is 5.16. The second-order valence-electron chi connectivity index (χ2n) is 2.39. The molecule has 0 aliphatic rings. The van der Waals surface area contributed by atoms with Gasteiger partial charge in [0.1, 0.15) is 5.76 Å². The van der Waals surface area contributed by atoms with E-state index in [1.54, 1.807) is 0 Å². The molecule has 1 rings (SSSR count). The van der Waals surface area contributed by atoms with Crippen molar-refractivity contribution in [1.29, 1.82) is 0 Å². The summed E-state index contributed by atoms with van der Waals surface area (Å²) in [5.74, 6) is 0.819. The summed E-state index contributed by atoms with van der Waals surface area (Å²) >= 11 is 0. The number of rotatable bonds is 2. The molecule has 0 unspecified atom stereocenters. The summed E-state index contributed by atoms with van der Waals surface area (Å²) in [7, 11) is 0. The Balaban J connectivity index is 3.24. The molecule has 2 heteroatoms. The lowest BCUT2D eigenvalue weighted by molar-refractivity contribution is 0.488. The second kappa shape index (κ2) is 3.37. The molecule has 0 radical (unpaired) electrons. The minimum atomic E-state index is 0.0931. The van der Waals surface area contributed by atoms with E-state index >= 15 is 0 Å². The van der Waals surface area contributed by atoms with Crippen LogP contribution in [0.4, 0.5) is 0 Å². The van der Waals surface area contributed by atoms with Crippen LogP contribution in [0.2, 0.25) is 0 Å². The highest BCUT2D eigenvalue weighted by atomic mass is 16.3. The zero-order chi connectivity index (χ0) is 8.27. The molecule has 0 amide bonds. The van der Waals surface area contributed by atoms with Crippen LogP contribution in [0.5, 0.6) is 0 Å². The molecular formula is C9H12O2. The fraction of sp³-hybridized carbons (Fsp3) is 0.444. The van der Waals surface area contributed by atoms with Crippen molar-refractivity contribution in [2.75, 3.05) is 0 Å². The van der Waals surface area contributed by atoms with Crippen LogP contribution in [0, 0.1) is 0 Å². The van der Waals surface area contributed by atoms with Gasteiger partial charge in [-0.25, -0.2) is 0 Å².